The molecule has 0 fully saturated rings. The summed E-state index contributed by atoms with van der Waals surface area (Å²) in [4.78, 5) is 36.7. The lowest BCUT2D eigenvalue weighted by Crippen LogP contribution is -2.29. The Hall–Kier alpha value is -4.62. The zero-order valence-corrected chi connectivity index (χ0v) is 25.8. The average Bonchev–Trinajstić information content (AvgIpc) is 3.02. The van der Waals surface area contributed by atoms with Gasteiger partial charge in [0, 0.05) is 29.3 Å². The highest BCUT2D eigenvalue weighted by atomic mass is 32.2. The molecule has 0 bridgehead atoms. The Morgan fingerprint density at radius 2 is 1.05 bits per heavy atom. The molecule has 1 aromatic heterocycles. The summed E-state index contributed by atoms with van der Waals surface area (Å²) < 4.78 is 63.2. The molecule has 0 unspecified atom stereocenters. The van der Waals surface area contributed by atoms with Crippen LogP contribution in [0.1, 0.15) is 24.2 Å². The molecule has 240 valence electrons. The largest absolute Gasteiger partial charge is 0.450 e. The number of hydrazine groups is 1. The van der Waals surface area contributed by atoms with Crippen LogP contribution >= 0.6 is 0 Å². The summed E-state index contributed by atoms with van der Waals surface area (Å²) in [5.74, 6) is 4.58. The van der Waals surface area contributed by atoms with Gasteiger partial charge in [-0.15, -0.1) is 0 Å². The summed E-state index contributed by atoms with van der Waals surface area (Å²) in [7, 11) is -5.23. The van der Waals surface area contributed by atoms with E-state index in [0.717, 1.165) is 14.2 Å². The van der Waals surface area contributed by atoms with E-state index in [1.807, 2.05) is 5.43 Å². The molecular formula is C26H33N5O11S2. The molecule has 0 saturated carbocycles. The maximum absolute atomic E-state index is 11.3. The molecule has 3 aromatic rings. The fraction of sp³-hybridized carbons (Fsp3) is 0.231. The third-order valence-corrected chi connectivity index (χ3v) is 7.42. The van der Waals surface area contributed by atoms with Crippen molar-refractivity contribution in [1.82, 2.24) is 10.4 Å². The minimum Gasteiger partial charge on any atom is -0.450 e. The molecule has 3 amide bonds. The Bertz CT molecular complexity index is 1460. The second-order valence-electron chi connectivity index (χ2n) is 7.69. The minimum absolute atomic E-state index is 0.0226. The highest BCUT2D eigenvalue weighted by molar-refractivity contribution is 7.87. The number of benzene rings is 2. The van der Waals surface area contributed by atoms with Gasteiger partial charge in [0.05, 0.1) is 37.2 Å². The third kappa shape index (κ3) is 13.1. The van der Waals surface area contributed by atoms with Gasteiger partial charge in [-0.05, 0) is 74.5 Å². The highest BCUT2D eigenvalue weighted by Gasteiger charge is 2.13. The van der Waals surface area contributed by atoms with Crippen LogP contribution in [0.5, 0.6) is 0 Å². The molecule has 0 aliphatic rings. The lowest BCUT2D eigenvalue weighted by atomic mass is 10.3. The van der Waals surface area contributed by atoms with Crippen LogP contribution in [0.4, 0.5) is 21.0 Å². The predicted molar refractivity (Wildman–Crippen MR) is 158 cm³/mol. The lowest BCUT2D eigenvalue weighted by Gasteiger charge is -2.06. The first-order chi connectivity index (χ1) is 20.8. The van der Waals surface area contributed by atoms with E-state index in [0.29, 0.717) is 16.9 Å². The zero-order valence-electron chi connectivity index (χ0n) is 24.2. The van der Waals surface area contributed by atoms with Crippen molar-refractivity contribution in [3.05, 3.63) is 78.6 Å². The number of carbonyl (C=O) groups is 3. The van der Waals surface area contributed by atoms with E-state index >= 15 is 0 Å². The molecule has 5 N–H and O–H groups in total. The maximum Gasteiger partial charge on any atom is 0.411 e. The smallest absolute Gasteiger partial charge is 0.411 e. The van der Waals surface area contributed by atoms with E-state index in [2.05, 4.69) is 33.5 Å². The first-order valence-electron chi connectivity index (χ1n) is 12.4. The first-order valence-corrected chi connectivity index (χ1v) is 15.2. The van der Waals surface area contributed by atoms with Crippen molar-refractivity contribution in [2.75, 3.05) is 38.1 Å². The van der Waals surface area contributed by atoms with Crippen molar-refractivity contribution in [2.24, 2.45) is 5.84 Å². The van der Waals surface area contributed by atoms with Crippen LogP contribution in [-0.4, -0.2) is 67.3 Å². The lowest BCUT2D eigenvalue weighted by molar-refractivity contribution is 0.0953. The number of nitrogens with one attached hydrogen (secondary N) is 3. The van der Waals surface area contributed by atoms with E-state index in [1.165, 1.54) is 60.9 Å². The van der Waals surface area contributed by atoms with E-state index in [-0.39, 0.29) is 28.9 Å². The molecular weight excluding hydrogens is 622 g/mol. The Kier molecular flexibility index (Phi) is 16.0. The Morgan fingerprint density at radius 1 is 0.682 bits per heavy atom. The number of carbonyl (C=O) groups excluding carboxylic acids is 3. The standard InChI is InChI=1S/2C10H13NO5S.C6H7N3O/c2*1-3-16-10(12)11-8-4-6-9(7-5-8)17(13,14)15-2;7-9-6(10)5-1-3-8-4-2-5/h2*4-7H,3H2,1-2H3,(H,11,12);1-4H,7H2,(H,9,10). The van der Waals surface area contributed by atoms with Crippen LogP contribution in [0, 0.1) is 0 Å². The van der Waals surface area contributed by atoms with Crippen LogP contribution in [0.25, 0.3) is 0 Å². The molecule has 2 aromatic carbocycles. The number of pyridine rings is 1. The number of amides is 3. The normalized spacial score (nSPS) is 10.5. The van der Waals surface area contributed by atoms with Gasteiger partial charge in [0.25, 0.3) is 26.1 Å². The number of aromatic nitrogens is 1. The van der Waals surface area contributed by atoms with Crippen LogP contribution < -0.4 is 21.9 Å². The van der Waals surface area contributed by atoms with Gasteiger partial charge < -0.3 is 9.47 Å². The second kappa shape index (κ2) is 18.8. The van der Waals surface area contributed by atoms with Crippen molar-refractivity contribution in [2.45, 2.75) is 23.6 Å². The Morgan fingerprint density at radius 3 is 1.34 bits per heavy atom. The minimum atomic E-state index is -3.70. The molecule has 0 saturated heterocycles. The van der Waals surface area contributed by atoms with Gasteiger partial charge in [0.1, 0.15) is 0 Å². The van der Waals surface area contributed by atoms with Gasteiger partial charge in [-0.3, -0.25) is 34.2 Å². The van der Waals surface area contributed by atoms with E-state index in [9.17, 15) is 31.2 Å². The van der Waals surface area contributed by atoms with E-state index in [4.69, 9.17) is 5.84 Å². The quantitative estimate of drug-likeness (QED) is 0.113. The van der Waals surface area contributed by atoms with Crippen molar-refractivity contribution in [3.63, 3.8) is 0 Å². The van der Waals surface area contributed by atoms with Gasteiger partial charge >= 0.3 is 12.2 Å². The van der Waals surface area contributed by atoms with Crippen LogP contribution in [0.3, 0.4) is 0 Å². The number of nitrogens with two attached hydrogens (primary N) is 1. The highest BCUT2D eigenvalue weighted by Crippen LogP contribution is 2.16. The molecule has 0 spiro atoms. The predicted octanol–water partition coefficient (Wildman–Crippen LogP) is 2.87. The van der Waals surface area contributed by atoms with Crippen LogP contribution in [0.2, 0.25) is 0 Å². The fourth-order valence-electron chi connectivity index (χ4n) is 2.76. The van der Waals surface area contributed by atoms with Crippen molar-refractivity contribution in [3.8, 4) is 0 Å². The fourth-order valence-corrected chi connectivity index (χ4v) is 4.08. The summed E-state index contributed by atoms with van der Waals surface area (Å²) in [6.45, 7) is 3.91. The number of rotatable bonds is 9. The number of hydrogen-bond donors (Lipinski definition) is 4. The Balaban J connectivity index is 0.000000342. The third-order valence-electron chi connectivity index (χ3n) is 4.84. The molecule has 1 heterocycles. The Labute approximate surface area is 255 Å². The van der Waals surface area contributed by atoms with Gasteiger partial charge in [-0.25, -0.2) is 15.4 Å². The number of nitrogen functional groups attached to an aromatic ring is 1. The van der Waals surface area contributed by atoms with Crippen LogP contribution in [-0.2, 0) is 38.1 Å². The summed E-state index contributed by atoms with van der Waals surface area (Å²) >= 11 is 0. The second-order valence-corrected chi connectivity index (χ2v) is 11.1. The molecule has 0 aliphatic heterocycles. The van der Waals surface area contributed by atoms with Gasteiger partial charge in [0.15, 0.2) is 0 Å². The van der Waals surface area contributed by atoms with Crippen LogP contribution in [0.15, 0.2) is 82.8 Å². The number of hydrogen-bond acceptors (Lipinski definition) is 13. The van der Waals surface area contributed by atoms with Crippen molar-refractivity contribution >= 4 is 49.7 Å². The molecule has 0 atom stereocenters. The summed E-state index contributed by atoms with van der Waals surface area (Å²) in [5.41, 5.74) is 3.41. The average molecular weight is 656 g/mol. The molecule has 3 rings (SSSR count). The molecule has 16 nitrogen and oxygen atoms in total. The van der Waals surface area contributed by atoms with Gasteiger partial charge in [-0.2, -0.15) is 16.8 Å². The number of nitrogens with zero attached hydrogens (tertiary/aromatic N) is 1. The van der Waals surface area contributed by atoms with Gasteiger partial charge in [0.2, 0.25) is 0 Å². The van der Waals surface area contributed by atoms with Gasteiger partial charge in [-0.1, -0.05) is 0 Å². The summed E-state index contributed by atoms with van der Waals surface area (Å²) in [5, 5.41) is 4.89. The number of anilines is 2. The maximum atomic E-state index is 11.3. The van der Waals surface area contributed by atoms with Crippen molar-refractivity contribution in [1.29, 1.82) is 0 Å². The monoisotopic (exact) mass is 655 g/mol. The molecule has 18 heteroatoms. The topological polar surface area (TPSA) is 231 Å². The zero-order chi connectivity index (χ0) is 33.2. The number of ether oxygens (including phenoxy) is 2. The van der Waals surface area contributed by atoms with Crippen molar-refractivity contribution < 1.29 is 49.1 Å². The molecule has 0 aliphatic carbocycles. The molecule has 44 heavy (non-hydrogen) atoms. The molecule has 0 radical (unpaired) electrons. The van der Waals surface area contributed by atoms with E-state index < -0.39 is 32.4 Å². The van der Waals surface area contributed by atoms with E-state index in [1.54, 1.807) is 26.0 Å². The summed E-state index contributed by atoms with van der Waals surface area (Å²) in [6, 6.07) is 14.3. The summed E-state index contributed by atoms with van der Waals surface area (Å²) in [6.07, 6.45) is 1.89. The first kappa shape index (κ1) is 37.4. The SMILES string of the molecule is CCOC(=O)Nc1ccc(S(=O)(=O)OC)cc1.CCOC(=O)Nc1ccc(S(=O)(=O)OC)cc1.NNC(=O)c1ccncc1.